The van der Waals surface area contributed by atoms with Gasteiger partial charge in [-0.2, -0.15) is 24.9 Å². The third kappa shape index (κ3) is 8.76. The number of esters is 2. The summed E-state index contributed by atoms with van der Waals surface area (Å²) in [5.41, 5.74) is 11.2. The number of alkyl halides is 3. The van der Waals surface area contributed by atoms with Crippen molar-refractivity contribution in [1.82, 2.24) is 10.2 Å². The Kier molecular flexibility index (Phi) is 11.7. The van der Waals surface area contributed by atoms with E-state index in [1.54, 1.807) is 36.6 Å². The van der Waals surface area contributed by atoms with Crippen LogP contribution in [0.15, 0.2) is 30.3 Å². The smallest absolute Gasteiger partial charge is 0.385 e. The predicted octanol–water partition coefficient (Wildman–Crippen LogP) is -0.260. The second-order valence-corrected chi connectivity index (χ2v) is 7.81. The topological polar surface area (TPSA) is 162 Å². The third-order valence-electron chi connectivity index (χ3n) is 4.39. The van der Waals surface area contributed by atoms with E-state index in [-0.39, 0.29) is 18.6 Å². The number of benzene rings is 1. The van der Waals surface area contributed by atoms with E-state index in [1.807, 2.05) is 0 Å². The number of imide groups is 1. The van der Waals surface area contributed by atoms with Crippen LogP contribution in [0.5, 0.6) is 0 Å². The Labute approximate surface area is 197 Å². The zero-order valence-corrected chi connectivity index (χ0v) is 19.0. The number of rotatable bonds is 11. The highest BCUT2D eigenvalue weighted by molar-refractivity contribution is 7.98. The number of hydrogen-bond acceptors (Lipinski definition) is 9. The van der Waals surface area contributed by atoms with E-state index in [0.717, 1.165) is 11.8 Å². The fourth-order valence-electron chi connectivity index (χ4n) is 2.82. The molecule has 5 N–H and O–H groups in total. The number of thioether (sulfide) groups is 1. The van der Waals surface area contributed by atoms with Gasteiger partial charge >= 0.3 is 18.1 Å². The SMILES string of the molecule is CSCC[C@@H](C(=O)OC(=O)C(F)(F)F)N(C(=O)CN)C(=O)[C@H](Cc1ccccc1)NC(=O)CN. The van der Waals surface area contributed by atoms with Crippen LogP contribution in [0, 0.1) is 0 Å². The fourth-order valence-corrected chi connectivity index (χ4v) is 3.28. The quantitative estimate of drug-likeness (QED) is 0.271. The van der Waals surface area contributed by atoms with E-state index >= 15 is 0 Å². The Balaban J connectivity index is 3.39. The van der Waals surface area contributed by atoms with Gasteiger partial charge in [-0.15, -0.1) is 0 Å². The molecule has 0 aliphatic carbocycles. The van der Waals surface area contributed by atoms with Crippen molar-refractivity contribution < 1.29 is 41.9 Å². The Morgan fingerprint density at radius 1 is 1.09 bits per heavy atom. The fraction of sp³-hybridized carbons (Fsp3) is 0.450. The number of amides is 3. The average molecular weight is 507 g/mol. The molecule has 0 heterocycles. The first-order chi connectivity index (χ1) is 16.0. The van der Waals surface area contributed by atoms with E-state index in [9.17, 15) is 37.1 Å². The van der Waals surface area contributed by atoms with Crippen molar-refractivity contribution in [2.45, 2.75) is 31.1 Å². The maximum Gasteiger partial charge on any atom is 0.491 e. The summed E-state index contributed by atoms with van der Waals surface area (Å²) in [6, 6.07) is 4.97. The maximum absolute atomic E-state index is 13.4. The van der Waals surface area contributed by atoms with Gasteiger partial charge in [-0.25, -0.2) is 9.59 Å². The number of hydrogen-bond donors (Lipinski definition) is 3. The third-order valence-corrected chi connectivity index (χ3v) is 5.03. The van der Waals surface area contributed by atoms with Crippen LogP contribution in [0.2, 0.25) is 0 Å². The van der Waals surface area contributed by atoms with Crippen LogP contribution in [-0.2, 0) is 35.1 Å². The van der Waals surface area contributed by atoms with Gasteiger partial charge in [0.25, 0.3) is 5.91 Å². The minimum Gasteiger partial charge on any atom is -0.385 e. The van der Waals surface area contributed by atoms with Crippen molar-refractivity contribution in [3.63, 3.8) is 0 Å². The summed E-state index contributed by atoms with van der Waals surface area (Å²) in [5.74, 6) is -7.44. The van der Waals surface area contributed by atoms with Gasteiger partial charge in [0.05, 0.1) is 13.1 Å². The summed E-state index contributed by atoms with van der Waals surface area (Å²) in [6.45, 7) is -1.29. The number of halogens is 3. The van der Waals surface area contributed by atoms with Gasteiger partial charge in [-0.05, 0) is 24.0 Å². The molecule has 0 aliphatic rings. The summed E-state index contributed by atoms with van der Waals surface area (Å²) in [6.07, 6.45) is -4.33. The lowest BCUT2D eigenvalue weighted by atomic mass is 10.0. The molecule has 1 aromatic carbocycles. The van der Waals surface area contributed by atoms with Gasteiger partial charge in [0, 0.05) is 6.42 Å². The molecule has 0 radical (unpaired) electrons. The molecule has 0 fully saturated rings. The van der Waals surface area contributed by atoms with E-state index in [4.69, 9.17) is 11.5 Å². The molecule has 0 spiro atoms. The van der Waals surface area contributed by atoms with Crippen molar-refractivity contribution in [3.05, 3.63) is 35.9 Å². The van der Waals surface area contributed by atoms with Crippen LogP contribution in [0.1, 0.15) is 12.0 Å². The first-order valence-corrected chi connectivity index (χ1v) is 11.3. The van der Waals surface area contributed by atoms with E-state index in [1.165, 1.54) is 0 Å². The highest BCUT2D eigenvalue weighted by Crippen LogP contribution is 2.20. The van der Waals surface area contributed by atoms with Gasteiger partial charge in [0.1, 0.15) is 12.1 Å². The lowest BCUT2D eigenvalue weighted by Crippen LogP contribution is -2.59. The number of nitrogens with two attached hydrogens (primary N) is 2. The van der Waals surface area contributed by atoms with E-state index in [0.29, 0.717) is 10.5 Å². The standard InChI is InChI=1S/C20H25F3N4O6S/c1-34-8-7-14(18(31)33-19(32)20(21,22)23)27(16(29)11-25)17(30)13(26-15(28)10-24)9-12-5-3-2-4-6-12/h2-6,13-14H,7-11,24-25H2,1H3,(H,26,28)/t13-,14-/m0/s1. The molecule has 3 amide bonds. The van der Waals surface area contributed by atoms with Gasteiger partial charge < -0.3 is 21.5 Å². The normalized spacial score (nSPS) is 12.9. The largest absolute Gasteiger partial charge is 0.491 e. The molecule has 0 aliphatic heterocycles. The summed E-state index contributed by atoms with van der Waals surface area (Å²) >= 11 is 1.16. The van der Waals surface area contributed by atoms with Gasteiger partial charge in [0.15, 0.2) is 0 Å². The van der Waals surface area contributed by atoms with Crippen molar-refractivity contribution >= 4 is 41.4 Å². The van der Waals surface area contributed by atoms with Crippen molar-refractivity contribution in [2.24, 2.45) is 11.5 Å². The first-order valence-electron chi connectivity index (χ1n) is 9.87. The molecule has 1 rings (SSSR count). The van der Waals surface area contributed by atoms with Crippen LogP contribution in [0.4, 0.5) is 13.2 Å². The second kappa shape index (κ2) is 13.7. The molecule has 0 unspecified atom stereocenters. The molecule has 0 aromatic heterocycles. The van der Waals surface area contributed by atoms with Crippen LogP contribution in [0.3, 0.4) is 0 Å². The van der Waals surface area contributed by atoms with Gasteiger partial charge in [0.2, 0.25) is 11.8 Å². The van der Waals surface area contributed by atoms with Gasteiger partial charge in [-0.3, -0.25) is 19.3 Å². The maximum atomic E-state index is 13.4. The number of carbonyl (C=O) groups is 5. The number of carbonyl (C=O) groups excluding carboxylic acids is 5. The molecule has 2 atom stereocenters. The second-order valence-electron chi connectivity index (χ2n) is 6.82. The molecule has 188 valence electrons. The van der Waals surface area contributed by atoms with Gasteiger partial charge in [-0.1, -0.05) is 30.3 Å². The zero-order chi connectivity index (χ0) is 25.9. The molecule has 1 aromatic rings. The lowest BCUT2D eigenvalue weighted by Gasteiger charge is -2.31. The number of nitrogens with zero attached hydrogens (tertiary/aromatic N) is 1. The number of nitrogens with one attached hydrogen (secondary N) is 1. The van der Waals surface area contributed by atoms with Crippen LogP contribution < -0.4 is 16.8 Å². The molecular formula is C20H25F3N4O6S. The van der Waals surface area contributed by atoms with E-state index < -0.39 is 61.0 Å². The van der Waals surface area contributed by atoms with Crippen LogP contribution in [0.25, 0.3) is 0 Å². The average Bonchev–Trinajstić information content (AvgIpc) is 2.80. The minimum atomic E-state index is -5.47. The molecule has 0 bridgehead atoms. The Hall–Kier alpha value is -2.97. The molecule has 0 saturated heterocycles. The molecule has 0 saturated carbocycles. The summed E-state index contributed by atoms with van der Waals surface area (Å²) in [4.78, 5) is 61.9. The monoisotopic (exact) mass is 506 g/mol. The van der Waals surface area contributed by atoms with Crippen LogP contribution in [-0.4, -0.2) is 77.9 Å². The summed E-state index contributed by atoms with van der Waals surface area (Å²) in [7, 11) is 0. The molecule has 10 nitrogen and oxygen atoms in total. The van der Waals surface area contributed by atoms with Crippen LogP contribution >= 0.6 is 11.8 Å². The minimum absolute atomic E-state index is 0.111. The Bertz CT molecular complexity index is 885. The lowest BCUT2D eigenvalue weighted by molar-refractivity contribution is -0.203. The highest BCUT2D eigenvalue weighted by atomic mass is 32.2. The molecule has 34 heavy (non-hydrogen) atoms. The van der Waals surface area contributed by atoms with Crippen molar-refractivity contribution in [2.75, 3.05) is 25.1 Å². The first kappa shape index (κ1) is 29.1. The van der Waals surface area contributed by atoms with E-state index in [2.05, 4.69) is 10.1 Å². The number of ether oxygens (including phenoxy) is 1. The Morgan fingerprint density at radius 2 is 1.71 bits per heavy atom. The zero-order valence-electron chi connectivity index (χ0n) is 18.2. The summed E-state index contributed by atoms with van der Waals surface area (Å²) < 4.78 is 41.7. The summed E-state index contributed by atoms with van der Waals surface area (Å²) in [5, 5.41) is 2.34. The van der Waals surface area contributed by atoms with Crippen molar-refractivity contribution in [3.8, 4) is 0 Å². The molecular weight excluding hydrogens is 481 g/mol. The molecule has 14 heteroatoms. The predicted molar refractivity (Wildman–Crippen MR) is 116 cm³/mol. The van der Waals surface area contributed by atoms with Crippen molar-refractivity contribution in [1.29, 1.82) is 0 Å². The highest BCUT2D eigenvalue weighted by Gasteiger charge is 2.45. The Morgan fingerprint density at radius 3 is 2.21 bits per heavy atom.